The summed E-state index contributed by atoms with van der Waals surface area (Å²) in [5, 5.41) is 29.0. The first-order valence-corrected chi connectivity index (χ1v) is 5.44. The number of aromatic hydroxyl groups is 1. The minimum atomic E-state index is -1.29. The summed E-state index contributed by atoms with van der Waals surface area (Å²) in [7, 11) is 0. The van der Waals surface area contributed by atoms with Crippen molar-refractivity contribution in [1.29, 1.82) is 0 Å². The largest absolute Gasteiger partial charge is 0.508 e. The van der Waals surface area contributed by atoms with Gasteiger partial charge < -0.3 is 20.6 Å². The number of phenols is 1. The van der Waals surface area contributed by atoms with Gasteiger partial charge in [-0.05, 0) is 18.1 Å². The van der Waals surface area contributed by atoms with E-state index in [1.54, 1.807) is 18.2 Å². The standard InChI is InChI=1S/C12H15NO5/c14-7-9(12(17)18)13-11(16)6-5-8-3-1-2-4-10(8)15/h1-4,9,14-15H,5-7H2,(H,13,16)(H,17,18). The van der Waals surface area contributed by atoms with Crippen LogP contribution in [0.1, 0.15) is 12.0 Å². The quantitative estimate of drug-likeness (QED) is 0.565. The number of hydrogen-bond donors (Lipinski definition) is 4. The second-order valence-corrected chi connectivity index (χ2v) is 3.77. The maximum absolute atomic E-state index is 11.4. The molecule has 0 spiro atoms. The molecule has 0 aromatic heterocycles. The number of phenolic OH excluding ortho intramolecular Hbond substituents is 1. The summed E-state index contributed by atoms with van der Waals surface area (Å²) in [6.07, 6.45) is 0.345. The Balaban J connectivity index is 2.47. The van der Waals surface area contributed by atoms with E-state index in [0.29, 0.717) is 12.0 Å². The van der Waals surface area contributed by atoms with E-state index in [9.17, 15) is 14.7 Å². The Labute approximate surface area is 104 Å². The van der Waals surface area contributed by atoms with Crippen LogP contribution in [0.5, 0.6) is 5.75 Å². The molecule has 1 amide bonds. The van der Waals surface area contributed by atoms with Gasteiger partial charge in [0.25, 0.3) is 0 Å². The number of hydrogen-bond acceptors (Lipinski definition) is 4. The predicted molar refractivity (Wildman–Crippen MR) is 63.1 cm³/mol. The van der Waals surface area contributed by atoms with Crippen molar-refractivity contribution in [2.75, 3.05) is 6.61 Å². The normalized spacial score (nSPS) is 11.8. The highest BCUT2D eigenvalue weighted by Gasteiger charge is 2.18. The fourth-order valence-corrected chi connectivity index (χ4v) is 1.42. The molecule has 0 aliphatic rings. The summed E-state index contributed by atoms with van der Waals surface area (Å²) in [4.78, 5) is 22.0. The highest BCUT2D eigenvalue weighted by Crippen LogP contribution is 2.16. The topological polar surface area (TPSA) is 107 Å². The third-order valence-electron chi connectivity index (χ3n) is 2.43. The molecular formula is C12H15NO5. The molecule has 1 atom stereocenters. The number of carboxylic acids is 1. The predicted octanol–water partition coefficient (Wildman–Crippen LogP) is -0.113. The molecule has 0 saturated heterocycles. The van der Waals surface area contributed by atoms with Gasteiger partial charge in [-0.15, -0.1) is 0 Å². The molecule has 1 unspecified atom stereocenters. The van der Waals surface area contributed by atoms with Gasteiger partial charge in [0.05, 0.1) is 6.61 Å². The number of carboxylic acid groups (broad SMARTS) is 1. The van der Waals surface area contributed by atoms with E-state index in [4.69, 9.17) is 10.2 Å². The summed E-state index contributed by atoms with van der Waals surface area (Å²) >= 11 is 0. The Morgan fingerprint density at radius 3 is 2.50 bits per heavy atom. The maximum atomic E-state index is 11.4. The Bertz CT molecular complexity index is 432. The van der Waals surface area contributed by atoms with Crippen molar-refractivity contribution in [3.05, 3.63) is 29.8 Å². The van der Waals surface area contributed by atoms with E-state index in [1.807, 2.05) is 0 Å². The SMILES string of the molecule is O=C(CCc1ccccc1O)NC(CO)C(=O)O. The molecule has 0 aliphatic carbocycles. The minimum absolute atomic E-state index is 0.0430. The molecule has 98 valence electrons. The zero-order valence-corrected chi connectivity index (χ0v) is 9.67. The van der Waals surface area contributed by atoms with Crippen LogP contribution in [0.4, 0.5) is 0 Å². The number of amides is 1. The van der Waals surface area contributed by atoms with Gasteiger partial charge in [-0.25, -0.2) is 4.79 Å². The van der Waals surface area contributed by atoms with Crippen molar-refractivity contribution in [1.82, 2.24) is 5.32 Å². The number of carbonyl (C=O) groups excluding carboxylic acids is 1. The number of benzene rings is 1. The van der Waals surface area contributed by atoms with Crippen LogP contribution >= 0.6 is 0 Å². The van der Waals surface area contributed by atoms with Gasteiger partial charge in [-0.3, -0.25) is 4.79 Å². The molecule has 1 aromatic rings. The summed E-state index contributed by atoms with van der Waals surface area (Å²) in [5.74, 6) is -1.67. The van der Waals surface area contributed by atoms with Gasteiger partial charge in [-0.1, -0.05) is 18.2 Å². The molecule has 0 bridgehead atoms. The summed E-state index contributed by atoms with van der Waals surface area (Å²) in [5.41, 5.74) is 0.614. The third-order valence-corrected chi connectivity index (χ3v) is 2.43. The Morgan fingerprint density at radius 1 is 1.28 bits per heavy atom. The average molecular weight is 253 g/mol. The molecule has 1 aromatic carbocycles. The van der Waals surface area contributed by atoms with Crippen LogP contribution in [-0.4, -0.2) is 39.8 Å². The van der Waals surface area contributed by atoms with Crippen molar-refractivity contribution in [3.8, 4) is 5.75 Å². The van der Waals surface area contributed by atoms with Crippen LogP contribution < -0.4 is 5.32 Å². The van der Waals surface area contributed by atoms with E-state index in [-0.39, 0.29) is 12.2 Å². The van der Waals surface area contributed by atoms with Gasteiger partial charge in [0.1, 0.15) is 11.8 Å². The van der Waals surface area contributed by atoms with E-state index in [0.717, 1.165) is 0 Å². The molecular weight excluding hydrogens is 238 g/mol. The van der Waals surface area contributed by atoms with Gasteiger partial charge in [-0.2, -0.15) is 0 Å². The minimum Gasteiger partial charge on any atom is -0.508 e. The van der Waals surface area contributed by atoms with Crippen LogP contribution in [0.2, 0.25) is 0 Å². The Morgan fingerprint density at radius 2 is 1.94 bits per heavy atom. The zero-order valence-electron chi connectivity index (χ0n) is 9.67. The molecule has 4 N–H and O–H groups in total. The second kappa shape index (κ2) is 6.61. The van der Waals surface area contributed by atoms with Crippen LogP contribution in [0.15, 0.2) is 24.3 Å². The van der Waals surface area contributed by atoms with Crippen LogP contribution in [0, 0.1) is 0 Å². The number of rotatable bonds is 6. The molecule has 1 rings (SSSR count). The van der Waals surface area contributed by atoms with E-state index in [1.165, 1.54) is 6.07 Å². The van der Waals surface area contributed by atoms with E-state index in [2.05, 4.69) is 5.32 Å². The smallest absolute Gasteiger partial charge is 0.328 e. The molecule has 18 heavy (non-hydrogen) atoms. The molecule has 0 heterocycles. The van der Waals surface area contributed by atoms with E-state index >= 15 is 0 Å². The highest BCUT2D eigenvalue weighted by atomic mass is 16.4. The van der Waals surface area contributed by atoms with Crippen molar-refractivity contribution in [2.24, 2.45) is 0 Å². The van der Waals surface area contributed by atoms with Crippen molar-refractivity contribution >= 4 is 11.9 Å². The number of carbonyl (C=O) groups is 2. The number of aliphatic hydroxyl groups is 1. The molecule has 0 saturated carbocycles. The summed E-state index contributed by atoms with van der Waals surface area (Å²) in [6, 6.07) is 5.32. The summed E-state index contributed by atoms with van der Waals surface area (Å²) < 4.78 is 0. The van der Waals surface area contributed by atoms with Crippen molar-refractivity contribution < 1.29 is 24.9 Å². The number of aliphatic carboxylic acids is 1. The lowest BCUT2D eigenvalue weighted by atomic mass is 10.1. The number of aliphatic hydroxyl groups excluding tert-OH is 1. The van der Waals surface area contributed by atoms with Gasteiger partial charge in [0.2, 0.25) is 5.91 Å². The van der Waals surface area contributed by atoms with Crippen LogP contribution in [-0.2, 0) is 16.0 Å². The lowest BCUT2D eigenvalue weighted by Crippen LogP contribution is -2.43. The molecule has 0 aliphatic heterocycles. The lowest BCUT2D eigenvalue weighted by Gasteiger charge is -2.11. The monoisotopic (exact) mass is 253 g/mol. The second-order valence-electron chi connectivity index (χ2n) is 3.77. The number of nitrogens with one attached hydrogen (secondary N) is 1. The molecule has 6 heteroatoms. The van der Waals surface area contributed by atoms with Crippen LogP contribution in [0.3, 0.4) is 0 Å². The van der Waals surface area contributed by atoms with Gasteiger partial charge in [0.15, 0.2) is 0 Å². The van der Waals surface area contributed by atoms with Crippen molar-refractivity contribution in [2.45, 2.75) is 18.9 Å². The maximum Gasteiger partial charge on any atom is 0.328 e. The van der Waals surface area contributed by atoms with Crippen LogP contribution in [0.25, 0.3) is 0 Å². The Kier molecular flexibility index (Phi) is 5.13. The number of para-hydroxylation sites is 1. The highest BCUT2D eigenvalue weighted by molar-refractivity contribution is 5.83. The van der Waals surface area contributed by atoms with Crippen molar-refractivity contribution in [3.63, 3.8) is 0 Å². The summed E-state index contributed by atoms with van der Waals surface area (Å²) in [6.45, 7) is -0.655. The van der Waals surface area contributed by atoms with Gasteiger partial charge in [0, 0.05) is 6.42 Å². The average Bonchev–Trinajstić information content (AvgIpc) is 2.34. The fraction of sp³-hybridized carbons (Fsp3) is 0.333. The third kappa shape index (κ3) is 4.06. The first kappa shape index (κ1) is 14.0. The molecule has 0 fully saturated rings. The zero-order chi connectivity index (χ0) is 13.5. The molecule has 0 radical (unpaired) electrons. The molecule has 6 nitrogen and oxygen atoms in total. The lowest BCUT2D eigenvalue weighted by molar-refractivity contribution is -0.142. The first-order valence-electron chi connectivity index (χ1n) is 5.44. The van der Waals surface area contributed by atoms with Gasteiger partial charge >= 0.3 is 5.97 Å². The van der Waals surface area contributed by atoms with E-state index < -0.39 is 24.5 Å². The first-order chi connectivity index (χ1) is 8.54. The fourth-order valence-electron chi connectivity index (χ4n) is 1.42. The number of aryl methyl sites for hydroxylation is 1. The Hall–Kier alpha value is -2.08.